The number of hydrogen-bond acceptors (Lipinski definition) is 10. The molecule has 0 aromatic carbocycles. The van der Waals surface area contributed by atoms with Crippen molar-refractivity contribution in [3.05, 3.63) is 12.2 Å². The lowest BCUT2D eigenvalue weighted by Crippen LogP contribution is -2.61. The fourth-order valence-corrected chi connectivity index (χ4v) is 7.61. The summed E-state index contributed by atoms with van der Waals surface area (Å²) < 4.78 is 47.5. The molecule has 6 N–H and O–H groups in total. The Morgan fingerprint density at radius 3 is 1.58 bits per heavy atom. The average Bonchev–Trinajstić information content (AvgIpc) is 3.15. The second kappa shape index (κ2) is 33.8. The summed E-state index contributed by atoms with van der Waals surface area (Å²) >= 11 is 0. The van der Waals surface area contributed by atoms with Crippen molar-refractivity contribution in [2.75, 3.05) is 13.2 Å². The minimum atomic E-state index is -5.08. The first kappa shape index (κ1) is 51.9. The number of unbranched alkanes of at least 4 members (excludes halogenated alkanes) is 25. The average molecular weight is 808 g/mol. The zero-order valence-corrected chi connectivity index (χ0v) is 35.3. The zero-order chi connectivity index (χ0) is 40.6. The fourth-order valence-electron chi connectivity index (χ4n) is 7.10. The summed E-state index contributed by atoms with van der Waals surface area (Å²) in [4.78, 5) is 13.0. The molecule has 1 amide bonds. The van der Waals surface area contributed by atoms with Gasteiger partial charge in [-0.25, -0.2) is 4.18 Å². The van der Waals surface area contributed by atoms with Crippen LogP contribution in [0.25, 0.3) is 0 Å². The number of rotatable bonds is 37. The van der Waals surface area contributed by atoms with Crippen molar-refractivity contribution < 1.29 is 51.8 Å². The van der Waals surface area contributed by atoms with Gasteiger partial charge in [0.05, 0.1) is 25.4 Å². The van der Waals surface area contributed by atoms with Gasteiger partial charge in [0.15, 0.2) is 6.29 Å². The third kappa shape index (κ3) is 27.2. The van der Waals surface area contributed by atoms with Gasteiger partial charge in [-0.05, 0) is 19.3 Å². The van der Waals surface area contributed by atoms with Gasteiger partial charge in [0.1, 0.15) is 24.4 Å². The molecule has 0 aromatic heterocycles. The normalized spacial score (nSPS) is 21.6. The molecule has 1 aliphatic rings. The van der Waals surface area contributed by atoms with E-state index in [-0.39, 0.29) is 18.9 Å². The van der Waals surface area contributed by atoms with Crippen molar-refractivity contribution in [1.82, 2.24) is 5.32 Å². The van der Waals surface area contributed by atoms with Gasteiger partial charge in [-0.2, -0.15) is 8.42 Å². The van der Waals surface area contributed by atoms with E-state index in [0.717, 1.165) is 38.5 Å². The van der Waals surface area contributed by atoms with Crippen molar-refractivity contribution in [3.63, 3.8) is 0 Å². The quantitative estimate of drug-likeness (QED) is 0.0203. The van der Waals surface area contributed by atoms with Crippen LogP contribution in [-0.4, -0.2) is 95.4 Å². The number of nitrogens with one attached hydrogen (secondary N) is 1. The van der Waals surface area contributed by atoms with Gasteiger partial charge >= 0.3 is 10.4 Å². The lowest BCUT2D eigenvalue weighted by Gasteiger charge is -2.41. The minimum absolute atomic E-state index is 0.262. The molecule has 7 unspecified atom stereocenters. The smallest absolute Gasteiger partial charge is 0.394 e. The molecule has 1 aliphatic heterocycles. The van der Waals surface area contributed by atoms with E-state index >= 15 is 0 Å². The Bertz CT molecular complexity index is 1050. The van der Waals surface area contributed by atoms with Crippen molar-refractivity contribution in [1.29, 1.82) is 0 Å². The summed E-state index contributed by atoms with van der Waals surface area (Å²) in [5, 5.41) is 44.6. The third-order valence-corrected chi connectivity index (χ3v) is 11.0. The maximum Gasteiger partial charge on any atom is 0.397 e. The summed E-state index contributed by atoms with van der Waals surface area (Å²) in [6.45, 7) is 3.37. The van der Waals surface area contributed by atoms with Gasteiger partial charge < -0.3 is 35.2 Å². The molecule has 326 valence electrons. The Balaban J connectivity index is 2.56. The molecule has 1 heterocycles. The van der Waals surface area contributed by atoms with Crippen molar-refractivity contribution in [2.45, 2.75) is 236 Å². The van der Waals surface area contributed by atoms with Crippen LogP contribution in [0, 0.1) is 0 Å². The van der Waals surface area contributed by atoms with Crippen LogP contribution in [-0.2, 0) is 28.9 Å². The predicted octanol–water partition coefficient (Wildman–Crippen LogP) is 7.99. The van der Waals surface area contributed by atoms with Gasteiger partial charge in [0.2, 0.25) is 5.91 Å². The molecule has 7 atom stereocenters. The highest BCUT2D eigenvalue weighted by Gasteiger charge is 2.48. The highest BCUT2D eigenvalue weighted by molar-refractivity contribution is 7.80. The summed E-state index contributed by atoms with van der Waals surface area (Å²) in [7, 11) is -5.08. The number of aliphatic hydroxyl groups excluding tert-OH is 4. The van der Waals surface area contributed by atoms with E-state index in [4.69, 9.17) is 14.0 Å². The van der Waals surface area contributed by atoms with E-state index in [1.807, 2.05) is 6.08 Å². The van der Waals surface area contributed by atoms with Crippen molar-refractivity contribution in [2.24, 2.45) is 0 Å². The van der Waals surface area contributed by atoms with Gasteiger partial charge in [0.25, 0.3) is 0 Å². The first-order valence-corrected chi connectivity index (χ1v) is 23.4. The molecule has 0 saturated carbocycles. The number of carbonyl (C=O) groups excluding carboxylic acids is 1. The van der Waals surface area contributed by atoms with Gasteiger partial charge in [-0.15, -0.1) is 0 Å². The number of hydrogen-bond donors (Lipinski definition) is 6. The van der Waals surface area contributed by atoms with E-state index < -0.39 is 59.9 Å². The van der Waals surface area contributed by atoms with Crippen LogP contribution < -0.4 is 5.32 Å². The van der Waals surface area contributed by atoms with E-state index in [1.165, 1.54) is 128 Å². The van der Waals surface area contributed by atoms with Crippen molar-refractivity contribution >= 4 is 16.3 Å². The summed E-state index contributed by atoms with van der Waals surface area (Å²) in [6.07, 6.45) is 26.8. The Morgan fingerprint density at radius 2 is 1.15 bits per heavy atom. The number of carbonyl (C=O) groups is 1. The fraction of sp³-hybridized carbons (Fsp3) is 0.929. The van der Waals surface area contributed by atoms with Crippen LogP contribution in [0.1, 0.15) is 194 Å². The number of allylic oxidation sites excluding steroid dienone is 1. The van der Waals surface area contributed by atoms with Crippen LogP contribution in [0.2, 0.25) is 0 Å². The number of amides is 1. The molecule has 1 saturated heterocycles. The van der Waals surface area contributed by atoms with E-state index in [2.05, 4.69) is 23.3 Å². The topological polar surface area (TPSA) is 192 Å². The maximum absolute atomic E-state index is 13.0. The molecule has 0 radical (unpaired) electrons. The minimum Gasteiger partial charge on any atom is -0.394 e. The van der Waals surface area contributed by atoms with Crippen LogP contribution in [0.15, 0.2) is 12.2 Å². The van der Waals surface area contributed by atoms with Crippen LogP contribution >= 0.6 is 0 Å². The monoisotopic (exact) mass is 808 g/mol. The molecule has 13 heteroatoms. The van der Waals surface area contributed by atoms with E-state index in [0.29, 0.717) is 6.42 Å². The summed E-state index contributed by atoms with van der Waals surface area (Å²) in [6, 6.07) is -0.937. The largest absolute Gasteiger partial charge is 0.397 e. The SMILES string of the molecule is CCCCCCCCCCCCCCC/C=C/C(O)C(COC1OC(CO)C(O)C(OS(=O)(=O)O)C1O)NC(=O)CCCCCCCCCCCCCCC. The van der Waals surface area contributed by atoms with Gasteiger partial charge in [-0.3, -0.25) is 9.35 Å². The lowest BCUT2D eigenvalue weighted by molar-refractivity contribution is -0.298. The molecular formula is C42H81NO11S. The number of aliphatic hydroxyl groups is 4. The first-order valence-electron chi connectivity index (χ1n) is 22.1. The molecule has 0 aromatic rings. The highest BCUT2D eigenvalue weighted by Crippen LogP contribution is 2.26. The summed E-state index contributed by atoms with van der Waals surface area (Å²) in [5.41, 5.74) is 0. The lowest BCUT2D eigenvalue weighted by atomic mass is 9.99. The third-order valence-electron chi connectivity index (χ3n) is 10.6. The Morgan fingerprint density at radius 1 is 0.709 bits per heavy atom. The molecule has 0 spiro atoms. The Hall–Kier alpha value is -1.16. The van der Waals surface area contributed by atoms with Gasteiger partial charge in [-0.1, -0.05) is 180 Å². The maximum atomic E-state index is 13.0. The highest BCUT2D eigenvalue weighted by atomic mass is 32.3. The van der Waals surface area contributed by atoms with Crippen LogP contribution in [0.3, 0.4) is 0 Å². The predicted molar refractivity (Wildman–Crippen MR) is 218 cm³/mol. The standard InChI is InChI=1S/C42H81NO11S/c1-3-5-7-9-11-13-15-17-18-20-21-23-25-27-29-31-36(45)35(34-52-42-40(48)41(54-55(49,50)51)39(47)37(33-44)53-42)43-38(46)32-30-28-26-24-22-19-16-14-12-10-8-6-4-2/h29,31,35-37,39-42,44-45,47-48H,3-28,30,32-34H2,1-2H3,(H,43,46)(H,49,50,51)/b31-29+. The molecule has 0 bridgehead atoms. The number of ether oxygens (including phenoxy) is 2. The first-order chi connectivity index (χ1) is 26.5. The molecule has 12 nitrogen and oxygen atoms in total. The van der Waals surface area contributed by atoms with Gasteiger partial charge in [0, 0.05) is 6.42 Å². The van der Waals surface area contributed by atoms with Crippen LogP contribution in [0.4, 0.5) is 0 Å². The second-order valence-electron chi connectivity index (χ2n) is 15.6. The summed E-state index contributed by atoms with van der Waals surface area (Å²) in [5.74, 6) is -0.262. The molecule has 1 fully saturated rings. The second-order valence-corrected chi connectivity index (χ2v) is 16.7. The van der Waals surface area contributed by atoms with E-state index in [1.54, 1.807) is 6.08 Å². The van der Waals surface area contributed by atoms with E-state index in [9.17, 15) is 33.6 Å². The Labute approximate surface area is 334 Å². The zero-order valence-electron chi connectivity index (χ0n) is 34.5. The van der Waals surface area contributed by atoms with Crippen molar-refractivity contribution in [3.8, 4) is 0 Å². The van der Waals surface area contributed by atoms with Crippen LogP contribution in [0.5, 0.6) is 0 Å². The Kier molecular flexibility index (Phi) is 31.8. The molecule has 0 aliphatic carbocycles. The molecular weight excluding hydrogens is 727 g/mol. The molecule has 55 heavy (non-hydrogen) atoms. The molecule has 1 rings (SSSR count).